The van der Waals surface area contributed by atoms with Crippen LogP contribution in [0.3, 0.4) is 0 Å². The smallest absolute Gasteiger partial charge is 0.306 e. The molecule has 0 saturated heterocycles. The molecular weight excluding hydrogens is 713 g/mol. The van der Waals surface area contributed by atoms with E-state index in [1.807, 2.05) is 81.8 Å². The molecule has 2 atom stereocenters. The van der Waals surface area contributed by atoms with Crippen LogP contribution in [-0.2, 0) is 32.7 Å². The highest BCUT2D eigenvalue weighted by Gasteiger charge is 2.21. The standard InChI is InChI=1S/C45H68NO8P/c1-5-6-7-8-9-10-11-12-13-14-15-18-27-34-44(47)51-38-42(39-53-55(49,50)52-37-36-46(2,3)4)54-45(48)35-28-19-16-17-26-33-43(40-29-22-20-23-30-40)41-31-24-21-25-32-41/h16-17,19-26,29-33,42H,5-15,18,27-28,34-39H2,1-4H3/b19-16+,26-17?/t42-/m1/s1. The minimum atomic E-state index is -4.67. The highest BCUT2D eigenvalue weighted by molar-refractivity contribution is 7.45. The van der Waals surface area contributed by atoms with Gasteiger partial charge < -0.3 is 27.9 Å². The van der Waals surface area contributed by atoms with E-state index < -0.39 is 32.5 Å². The maximum Gasteiger partial charge on any atom is 0.306 e. The average Bonchev–Trinajstić information content (AvgIpc) is 3.15. The van der Waals surface area contributed by atoms with Crippen molar-refractivity contribution < 1.29 is 42.1 Å². The van der Waals surface area contributed by atoms with E-state index in [1.54, 1.807) is 0 Å². The van der Waals surface area contributed by atoms with E-state index in [0.29, 0.717) is 23.9 Å². The fraction of sp³-hybridized carbons (Fsp3) is 0.556. The van der Waals surface area contributed by atoms with Crippen molar-refractivity contribution in [3.8, 4) is 0 Å². The fourth-order valence-corrected chi connectivity index (χ4v) is 6.46. The molecule has 0 heterocycles. The van der Waals surface area contributed by atoms with Gasteiger partial charge in [-0.15, -0.1) is 0 Å². The quantitative estimate of drug-likeness (QED) is 0.0244. The molecule has 306 valence electrons. The molecule has 0 saturated carbocycles. The number of likely N-dealkylation sites (N-methyl/N-ethyl adjacent to an activating group) is 1. The first-order valence-corrected chi connectivity index (χ1v) is 21.8. The van der Waals surface area contributed by atoms with Crippen molar-refractivity contribution in [2.75, 3.05) is 47.5 Å². The van der Waals surface area contributed by atoms with Crippen LogP contribution in [-0.4, -0.2) is 70.0 Å². The second kappa shape index (κ2) is 29.0. The van der Waals surface area contributed by atoms with Gasteiger partial charge in [0.05, 0.1) is 27.7 Å². The van der Waals surface area contributed by atoms with Crippen LogP contribution in [0.1, 0.15) is 121 Å². The molecule has 0 fully saturated rings. The third-order valence-corrected chi connectivity index (χ3v) is 9.91. The number of phosphoric acid groups is 1. The second-order valence-electron chi connectivity index (χ2n) is 15.0. The molecule has 0 N–H and O–H groups in total. The van der Waals surface area contributed by atoms with Gasteiger partial charge in [0, 0.05) is 12.8 Å². The van der Waals surface area contributed by atoms with E-state index in [-0.39, 0.29) is 26.1 Å². The number of ether oxygens (including phenoxy) is 2. The van der Waals surface area contributed by atoms with Gasteiger partial charge in [0.2, 0.25) is 0 Å². The summed E-state index contributed by atoms with van der Waals surface area (Å²) < 4.78 is 33.9. The van der Waals surface area contributed by atoms with E-state index in [4.69, 9.17) is 18.5 Å². The lowest BCUT2D eigenvalue weighted by atomic mass is 9.97. The van der Waals surface area contributed by atoms with Crippen LogP contribution < -0.4 is 4.89 Å². The van der Waals surface area contributed by atoms with Crippen molar-refractivity contribution in [3.05, 3.63) is 102 Å². The topological polar surface area (TPSA) is 111 Å². The molecule has 0 aliphatic rings. The lowest BCUT2D eigenvalue weighted by Gasteiger charge is -2.28. The van der Waals surface area contributed by atoms with Crippen molar-refractivity contribution in [2.24, 2.45) is 0 Å². The van der Waals surface area contributed by atoms with E-state index in [2.05, 4.69) is 37.3 Å². The Bertz CT molecular complexity index is 1410. The Balaban J connectivity index is 1.80. The summed E-state index contributed by atoms with van der Waals surface area (Å²) in [6.45, 7) is 1.81. The summed E-state index contributed by atoms with van der Waals surface area (Å²) in [5, 5.41) is 0. The molecule has 2 rings (SSSR count). The summed E-state index contributed by atoms with van der Waals surface area (Å²) in [5.41, 5.74) is 3.31. The highest BCUT2D eigenvalue weighted by Crippen LogP contribution is 2.38. The molecule has 0 aliphatic carbocycles. The second-order valence-corrected chi connectivity index (χ2v) is 16.5. The normalized spacial score (nSPS) is 13.5. The van der Waals surface area contributed by atoms with Crippen molar-refractivity contribution >= 4 is 25.3 Å². The lowest BCUT2D eigenvalue weighted by molar-refractivity contribution is -0.870. The average molecular weight is 782 g/mol. The minimum Gasteiger partial charge on any atom is -0.756 e. The number of carbonyl (C=O) groups excluding carboxylic acids is 2. The zero-order valence-corrected chi connectivity index (χ0v) is 34.9. The van der Waals surface area contributed by atoms with Crippen molar-refractivity contribution in [2.45, 2.75) is 116 Å². The summed E-state index contributed by atoms with van der Waals surface area (Å²) in [4.78, 5) is 37.7. The maximum absolute atomic E-state index is 12.7. The molecule has 0 radical (unpaired) electrons. The van der Waals surface area contributed by atoms with Crippen LogP contribution in [0, 0.1) is 0 Å². The number of quaternary nitrogens is 1. The van der Waals surface area contributed by atoms with Crippen molar-refractivity contribution in [1.82, 2.24) is 0 Å². The van der Waals surface area contributed by atoms with E-state index in [1.165, 1.54) is 57.8 Å². The van der Waals surface area contributed by atoms with E-state index >= 15 is 0 Å². The number of phosphoric ester groups is 1. The van der Waals surface area contributed by atoms with E-state index in [9.17, 15) is 19.0 Å². The molecule has 55 heavy (non-hydrogen) atoms. The number of carbonyl (C=O) groups is 2. The van der Waals surface area contributed by atoms with Gasteiger partial charge in [0.1, 0.15) is 19.8 Å². The van der Waals surface area contributed by atoms with Crippen LogP contribution in [0.5, 0.6) is 0 Å². The summed E-state index contributed by atoms with van der Waals surface area (Å²) in [6, 6.07) is 20.3. The number of esters is 2. The molecule has 0 amide bonds. The van der Waals surface area contributed by atoms with Crippen LogP contribution in [0.25, 0.3) is 5.57 Å². The maximum atomic E-state index is 12.7. The number of allylic oxidation sites excluding steroid dienone is 5. The summed E-state index contributed by atoms with van der Waals surface area (Å²) >= 11 is 0. The van der Waals surface area contributed by atoms with Gasteiger partial charge in [-0.1, -0.05) is 175 Å². The fourth-order valence-electron chi connectivity index (χ4n) is 5.73. The summed E-state index contributed by atoms with van der Waals surface area (Å²) in [5.74, 6) is -0.975. The molecule has 1 unspecified atom stereocenters. The number of hydrogen-bond donors (Lipinski definition) is 0. The number of hydrogen-bond acceptors (Lipinski definition) is 8. The Labute approximate surface area is 332 Å². The Morgan fingerprint density at radius 1 is 0.691 bits per heavy atom. The first-order chi connectivity index (χ1) is 26.5. The largest absolute Gasteiger partial charge is 0.756 e. The number of unbranched alkanes of at least 4 members (excludes halogenated alkanes) is 12. The van der Waals surface area contributed by atoms with Crippen LogP contribution in [0.4, 0.5) is 0 Å². The number of nitrogens with zero attached hydrogens (tertiary/aromatic N) is 1. The Morgan fingerprint density at radius 2 is 1.24 bits per heavy atom. The first kappa shape index (κ1) is 47.8. The predicted octanol–water partition coefficient (Wildman–Crippen LogP) is 10.2. The van der Waals surface area contributed by atoms with Crippen molar-refractivity contribution in [1.29, 1.82) is 0 Å². The zero-order valence-electron chi connectivity index (χ0n) is 34.0. The van der Waals surface area contributed by atoms with Gasteiger partial charge in [-0.3, -0.25) is 14.2 Å². The molecule has 0 aromatic heterocycles. The van der Waals surface area contributed by atoms with Gasteiger partial charge >= 0.3 is 11.9 Å². The summed E-state index contributed by atoms with van der Waals surface area (Å²) in [7, 11) is 1.08. The lowest BCUT2D eigenvalue weighted by Crippen LogP contribution is -2.37. The molecule has 0 spiro atoms. The SMILES string of the molecule is CCCCCCCCCCCCCCCC(=O)OC[C@H](COP(=O)([O-])OCC[N+](C)(C)C)OC(=O)CC/C=C/C=CC=C(c1ccccc1)c1ccccc1. The predicted molar refractivity (Wildman–Crippen MR) is 221 cm³/mol. The molecule has 10 heteroatoms. The monoisotopic (exact) mass is 781 g/mol. The Morgan fingerprint density at radius 3 is 1.78 bits per heavy atom. The van der Waals surface area contributed by atoms with Gasteiger partial charge in [-0.25, -0.2) is 0 Å². The number of rotatable bonds is 31. The van der Waals surface area contributed by atoms with Gasteiger partial charge in [0.15, 0.2) is 6.10 Å². The highest BCUT2D eigenvalue weighted by atomic mass is 31.2. The molecular formula is C45H68NO8P. The number of benzene rings is 2. The minimum absolute atomic E-state index is 0.0535. The third-order valence-electron chi connectivity index (χ3n) is 8.95. The van der Waals surface area contributed by atoms with E-state index in [0.717, 1.165) is 36.0 Å². The van der Waals surface area contributed by atoms with Crippen LogP contribution in [0.2, 0.25) is 0 Å². The van der Waals surface area contributed by atoms with Gasteiger partial charge in [0.25, 0.3) is 7.82 Å². The molecule has 9 nitrogen and oxygen atoms in total. The Hall–Kier alpha value is -3.33. The van der Waals surface area contributed by atoms with Gasteiger partial charge in [-0.05, 0) is 29.5 Å². The van der Waals surface area contributed by atoms with Gasteiger partial charge in [-0.2, -0.15) is 0 Å². The van der Waals surface area contributed by atoms with Crippen LogP contribution >= 0.6 is 7.82 Å². The molecule has 2 aromatic rings. The first-order valence-electron chi connectivity index (χ1n) is 20.4. The zero-order chi connectivity index (χ0) is 40.0. The third kappa shape index (κ3) is 25.5. The summed E-state index contributed by atoms with van der Waals surface area (Å²) in [6.07, 6.45) is 24.9. The van der Waals surface area contributed by atoms with Crippen LogP contribution in [0.15, 0.2) is 91.0 Å². The molecule has 0 bridgehead atoms. The Kier molecular flexibility index (Phi) is 25.2. The molecule has 0 aliphatic heterocycles. The van der Waals surface area contributed by atoms with Crippen molar-refractivity contribution in [3.63, 3.8) is 0 Å². The molecule has 2 aromatic carbocycles.